The molecule has 122 valence electrons. The van der Waals surface area contributed by atoms with Crippen molar-refractivity contribution in [2.45, 2.75) is 82.9 Å². The maximum Gasteiger partial charge on any atom is 0.195 e. The maximum atomic E-state index is 6.23. The van der Waals surface area contributed by atoms with Gasteiger partial charge < -0.3 is 18.9 Å². The molecule has 1 aliphatic carbocycles. The van der Waals surface area contributed by atoms with Gasteiger partial charge in [0.25, 0.3) is 0 Å². The van der Waals surface area contributed by atoms with E-state index in [2.05, 4.69) is 6.92 Å². The Bertz CT molecular complexity index is 329. The van der Waals surface area contributed by atoms with E-state index in [1.807, 2.05) is 6.92 Å². The molecule has 1 saturated carbocycles. The topological polar surface area (TPSA) is 36.9 Å². The molecule has 3 rings (SSSR count). The Labute approximate surface area is 128 Å². The summed E-state index contributed by atoms with van der Waals surface area (Å²) in [6, 6.07) is 0. The minimum Gasteiger partial charge on any atom is -0.375 e. The van der Waals surface area contributed by atoms with Crippen LogP contribution < -0.4 is 0 Å². The van der Waals surface area contributed by atoms with E-state index in [9.17, 15) is 0 Å². The third kappa shape index (κ3) is 3.29. The van der Waals surface area contributed by atoms with Crippen LogP contribution in [0.2, 0.25) is 0 Å². The van der Waals surface area contributed by atoms with Gasteiger partial charge in [-0.3, -0.25) is 0 Å². The van der Waals surface area contributed by atoms with Crippen LogP contribution in [0.25, 0.3) is 0 Å². The first-order valence-electron chi connectivity index (χ1n) is 8.82. The lowest BCUT2D eigenvalue weighted by Crippen LogP contribution is -2.53. The minimum absolute atomic E-state index is 0.00241. The molecule has 0 N–H and O–H groups in total. The van der Waals surface area contributed by atoms with Crippen LogP contribution in [0, 0.1) is 5.92 Å². The van der Waals surface area contributed by atoms with Crippen LogP contribution in [0.3, 0.4) is 0 Å². The summed E-state index contributed by atoms with van der Waals surface area (Å²) < 4.78 is 24.3. The molecule has 2 aliphatic heterocycles. The van der Waals surface area contributed by atoms with E-state index in [1.165, 1.54) is 32.1 Å². The molecule has 2 saturated heterocycles. The molecule has 21 heavy (non-hydrogen) atoms. The molecule has 1 unspecified atom stereocenters. The molecule has 2 bridgehead atoms. The van der Waals surface area contributed by atoms with Crippen LogP contribution in [-0.2, 0) is 18.9 Å². The number of fused-ring (bicyclic) bond motifs is 2. The van der Waals surface area contributed by atoms with Gasteiger partial charge in [0.2, 0.25) is 0 Å². The summed E-state index contributed by atoms with van der Waals surface area (Å²) >= 11 is 0. The fourth-order valence-corrected chi connectivity index (χ4v) is 4.04. The van der Waals surface area contributed by atoms with Crippen molar-refractivity contribution < 1.29 is 18.9 Å². The third-order valence-corrected chi connectivity index (χ3v) is 5.33. The number of hydrogen-bond acceptors (Lipinski definition) is 4. The first-order chi connectivity index (χ1) is 10.3. The zero-order chi connectivity index (χ0) is 14.7. The molecule has 0 aromatic carbocycles. The highest BCUT2D eigenvalue weighted by Gasteiger charge is 2.55. The quantitative estimate of drug-likeness (QED) is 0.754. The second-order valence-electron chi connectivity index (χ2n) is 6.69. The standard InChI is InChI=1S/C17H30O4/c1-3-17-16(18-4-2)10-14(15(21-17)12-20-17)19-11-13-8-6-5-7-9-13/h13-16H,3-12H2,1-2H3/t14-,15+,16+,17?/m0/s1. The predicted molar refractivity (Wildman–Crippen MR) is 80.2 cm³/mol. The zero-order valence-corrected chi connectivity index (χ0v) is 13.5. The molecule has 3 fully saturated rings. The summed E-state index contributed by atoms with van der Waals surface area (Å²) in [4.78, 5) is 0. The summed E-state index contributed by atoms with van der Waals surface area (Å²) in [5.41, 5.74) is 0. The van der Waals surface area contributed by atoms with Crippen LogP contribution in [0.4, 0.5) is 0 Å². The van der Waals surface area contributed by atoms with E-state index >= 15 is 0 Å². The van der Waals surface area contributed by atoms with E-state index in [0.29, 0.717) is 13.2 Å². The third-order valence-electron chi connectivity index (χ3n) is 5.33. The van der Waals surface area contributed by atoms with Gasteiger partial charge in [0.1, 0.15) is 12.2 Å². The van der Waals surface area contributed by atoms with Gasteiger partial charge in [0.05, 0.1) is 12.7 Å². The SMILES string of the molecule is CCO[C@@H]1C[C@H](OCC2CCCCC2)[C@H]2COC1(CC)O2. The van der Waals surface area contributed by atoms with E-state index in [0.717, 1.165) is 25.4 Å². The van der Waals surface area contributed by atoms with Crippen LogP contribution in [0.15, 0.2) is 0 Å². The zero-order valence-electron chi connectivity index (χ0n) is 13.5. The molecule has 2 heterocycles. The average molecular weight is 298 g/mol. The summed E-state index contributed by atoms with van der Waals surface area (Å²) in [7, 11) is 0. The lowest BCUT2D eigenvalue weighted by molar-refractivity contribution is -0.279. The van der Waals surface area contributed by atoms with Crippen molar-refractivity contribution >= 4 is 0 Å². The average Bonchev–Trinajstić information content (AvgIpc) is 2.91. The second kappa shape index (κ2) is 6.95. The van der Waals surface area contributed by atoms with Crippen LogP contribution >= 0.6 is 0 Å². The molecule has 4 heteroatoms. The Kier molecular flexibility index (Phi) is 5.20. The van der Waals surface area contributed by atoms with Crippen LogP contribution in [0.5, 0.6) is 0 Å². The van der Waals surface area contributed by atoms with Gasteiger partial charge in [-0.05, 0) is 25.7 Å². The lowest BCUT2D eigenvalue weighted by atomic mass is 9.90. The van der Waals surface area contributed by atoms with E-state index in [1.54, 1.807) is 0 Å². The van der Waals surface area contributed by atoms with Gasteiger partial charge in [-0.2, -0.15) is 0 Å². The van der Waals surface area contributed by atoms with Gasteiger partial charge in [-0.15, -0.1) is 0 Å². The second-order valence-corrected chi connectivity index (χ2v) is 6.69. The van der Waals surface area contributed by atoms with Crippen LogP contribution in [-0.4, -0.2) is 43.9 Å². The highest BCUT2D eigenvalue weighted by molar-refractivity contribution is 4.96. The molecule has 0 aromatic rings. The fourth-order valence-electron chi connectivity index (χ4n) is 4.04. The minimum atomic E-state index is -0.522. The van der Waals surface area contributed by atoms with Crippen molar-refractivity contribution in [1.29, 1.82) is 0 Å². The Morgan fingerprint density at radius 3 is 2.62 bits per heavy atom. The molecule has 3 aliphatic rings. The highest BCUT2D eigenvalue weighted by Crippen LogP contribution is 2.42. The van der Waals surface area contributed by atoms with E-state index in [4.69, 9.17) is 18.9 Å². The highest BCUT2D eigenvalue weighted by atomic mass is 16.8. The molecule has 0 amide bonds. The summed E-state index contributed by atoms with van der Waals surface area (Å²) in [6.07, 6.45) is 8.72. The molecule has 4 nitrogen and oxygen atoms in total. The van der Waals surface area contributed by atoms with Gasteiger partial charge in [0.15, 0.2) is 5.79 Å². The molecule has 0 radical (unpaired) electrons. The van der Waals surface area contributed by atoms with Crippen molar-refractivity contribution in [3.63, 3.8) is 0 Å². The Morgan fingerprint density at radius 1 is 1.10 bits per heavy atom. The van der Waals surface area contributed by atoms with Crippen molar-refractivity contribution in [3.05, 3.63) is 0 Å². The van der Waals surface area contributed by atoms with Crippen molar-refractivity contribution in [2.75, 3.05) is 19.8 Å². The Morgan fingerprint density at radius 2 is 1.90 bits per heavy atom. The Balaban J connectivity index is 1.56. The fraction of sp³-hybridized carbons (Fsp3) is 1.00. The Hall–Kier alpha value is -0.160. The summed E-state index contributed by atoms with van der Waals surface area (Å²) in [6.45, 7) is 6.36. The predicted octanol–water partition coefficient (Wildman–Crippen LogP) is 3.28. The van der Waals surface area contributed by atoms with Gasteiger partial charge >= 0.3 is 0 Å². The monoisotopic (exact) mass is 298 g/mol. The molecule has 0 spiro atoms. The summed E-state index contributed by atoms with van der Waals surface area (Å²) in [5.74, 6) is 0.218. The van der Waals surface area contributed by atoms with Gasteiger partial charge in [0, 0.05) is 26.1 Å². The van der Waals surface area contributed by atoms with Crippen molar-refractivity contribution in [1.82, 2.24) is 0 Å². The smallest absolute Gasteiger partial charge is 0.195 e. The lowest BCUT2D eigenvalue weighted by Gasteiger charge is -2.41. The number of hydrogen-bond donors (Lipinski definition) is 0. The first-order valence-corrected chi connectivity index (χ1v) is 8.82. The molecular weight excluding hydrogens is 268 g/mol. The van der Waals surface area contributed by atoms with Gasteiger partial charge in [-0.1, -0.05) is 26.2 Å². The number of rotatable bonds is 6. The van der Waals surface area contributed by atoms with Gasteiger partial charge in [-0.25, -0.2) is 0 Å². The normalized spacial score (nSPS) is 40.6. The molecule has 0 aromatic heterocycles. The maximum absolute atomic E-state index is 6.23. The van der Waals surface area contributed by atoms with Crippen molar-refractivity contribution in [2.24, 2.45) is 5.92 Å². The van der Waals surface area contributed by atoms with E-state index < -0.39 is 5.79 Å². The largest absolute Gasteiger partial charge is 0.375 e. The van der Waals surface area contributed by atoms with E-state index in [-0.39, 0.29) is 18.3 Å². The first kappa shape index (κ1) is 15.7. The summed E-state index contributed by atoms with van der Waals surface area (Å²) in [5, 5.41) is 0. The van der Waals surface area contributed by atoms with Crippen LogP contribution in [0.1, 0.15) is 58.8 Å². The molecule has 4 atom stereocenters. The molecular formula is C17H30O4. The number of ether oxygens (including phenoxy) is 4. The van der Waals surface area contributed by atoms with Crippen molar-refractivity contribution in [3.8, 4) is 0 Å².